The number of alkyl halides is 3. The molecule has 0 unspecified atom stereocenters. The number of amides is 2. The van der Waals surface area contributed by atoms with E-state index < -0.39 is 12.1 Å². The van der Waals surface area contributed by atoms with Gasteiger partial charge < -0.3 is 10.6 Å². The van der Waals surface area contributed by atoms with Gasteiger partial charge in [0.25, 0.3) is 5.91 Å². The molecule has 26 heavy (non-hydrogen) atoms. The summed E-state index contributed by atoms with van der Waals surface area (Å²) in [4.78, 5) is 25.7. The average Bonchev–Trinajstić information content (AvgIpc) is 3.47. The van der Waals surface area contributed by atoms with Crippen molar-refractivity contribution >= 4 is 28.2 Å². The van der Waals surface area contributed by atoms with E-state index >= 15 is 0 Å². The molecule has 0 radical (unpaired) electrons. The molecule has 3 aliphatic carbocycles. The molecule has 2 fully saturated rings. The van der Waals surface area contributed by atoms with Gasteiger partial charge in [0, 0.05) is 17.3 Å². The highest BCUT2D eigenvalue weighted by Gasteiger charge is 2.43. The third kappa shape index (κ3) is 3.75. The largest absolute Gasteiger partial charge is 0.392 e. The number of anilines is 1. The van der Waals surface area contributed by atoms with Crippen LogP contribution in [0.2, 0.25) is 0 Å². The Balaban J connectivity index is 1.61. The van der Waals surface area contributed by atoms with Gasteiger partial charge in [-0.1, -0.05) is 0 Å². The summed E-state index contributed by atoms with van der Waals surface area (Å²) in [5.41, 5.74) is 0.733. The maximum atomic E-state index is 13.2. The molecule has 8 heteroatoms. The fourth-order valence-electron chi connectivity index (χ4n) is 3.40. The van der Waals surface area contributed by atoms with Crippen molar-refractivity contribution in [3.63, 3.8) is 0 Å². The highest BCUT2D eigenvalue weighted by atomic mass is 32.1. The zero-order valence-electron chi connectivity index (χ0n) is 14.2. The lowest BCUT2D eigenvalue weighted by Crippen LogP contribution is -2.31. The minimum absolute atomic E-state index is 0.0283. The maximum Gasteiger partial charge on any atom is 0.392 e. The first-order valence-electron chi connectivity index (χ1n) is 9.13. The summed E-state index contributed by atoms with van der Waals surface area (Å²) in [7, 11) is 0. The number of rotatable bonds is 5. The number of aryl methyl sites for hydroxylation is 1. The van der Waals surface area contributed by atoms with Crippen molar-refractivity contribution in [3.05, 3.63) is 16.0 Å². The summed E-state index contributed by atoms with van der Waals surface area (Å²) in [5.74, 6) is -1.47. The lowest BCUT2D eigenvalue weighted by molar-refractivity contribution is -0.177. The van der Waals surface area contributed by atoms with E-state index in [1.54, 1.807) is 0 Å². The third-order valence-corrected chi connectivity index (χ3v) is 6.59. The molecule has 0 saturated heterocycles. The molecule has 2 saturated carbocycles. The summed E-state index contributed by atoms with van der Waals surface area (Å²) in [6.07, 6.45) is -0.304. The van der Waals surface area contributed by atoms with Crippen LogP contribution in [0.1, 0.15) is 52.9 Å². The van der Waals surface area contributed by atoms with Crippen LogP contribution < -0.4 is 10.6 Å². The normalized spacial score (nSPS) is 22.7. The minimum atomic E-state index is -4.27. The first-order valence-corrected chi connectivity index (χ1v) is 9.95. The third-order valence-electron chi connectivity index (χ3n) is 5.38. The van der Waals surface area contributed by atoms with Crippen LogP contribution >= 0.6 is 11.3 Å². The zero-order valence-corrected chi connectivity index (χ0v) is 15.1. The van der Waals surface area contributed by atoms with Crippen molar-refractivity contribution in [1.82, 2.24) is 5.32 Å². The predicted octanol–water partition coefficient (Wildman–Crippen LogP) is 3.90. The maximum absolute atomic E-state index is 13.2. The summed E-state index contributed by atoms with van der Waals surface area (Å²) >= 11 is 1.27. The Morgan fingerprint density at radius 1 is 1.12 bits per heavy atom. The fourth-order valence-corrected chi connectivity index (χ4v) is 4.64. The molecule has 0 aromatic carbocycles. The Labute approximate surface area is 153 Å². The van der Waals surface area contributed by atoms with Crippen molar-refractivity contribution in [3.8, 4) is 0 Å². The van der Waals surface area contributed by atoms with Crippen molar-refractivity contribution < 1.29 is 22.8 Å². The monoisotopic (exact) mass is 386 g/mol. The SMILES string of the molecule is O=C(NCC1CC1)c1c(NC(=O)C2CC2)sc2c1C[C@H](C(F)(F)F)CC2. The molecule has 1 aromatic rings. The molecule has 1 aromatic heterocycles. The Bertz CT molecular complexity index is 736. The second kappa shape index (κ2) is 6.55. The molecule has 4 rings (SSSR count). The molecule has 0 spiro atoms. The molecule has 3 aliphatic rings. The number of carbonyl (C=O) groups excluding carboxylic acids is 2. The van der Waals surface area contributed by atoms with E-state index in [4.69, 9.17) is 0 Å². The fraction of sp³-hybridized carbons (Fsp3) is 0.667. The van der Waals surface area contributed by atoms with E-state index in [2.05, 4.69) is 10.6 Å². The number of hydrogen-bond donors (Lipinski definition) is 2. The molecule has 1 heterocycles. The average molecular weight is 386 g/mol. The quantitative estimate of drug-likeness (QED) is 0.806. The summed E-state index contributed by atoms with van der Waals surface area (Å²) < 4.78 is 39.6. The second-order valence-corrected chi connectivity index (χ2v) is 8.71. The van der Waals surface area contributed by atoms with E-state index in [0.717, 1.165) is 30.6 Å². The highest BCUT2D eigenvalue weighted by Crippen LogP contribution is 2.44. The van der Waals surface area contributed by atoms with E-state index in [0.29, 0.717) is 29.4 Å². The zero-order chi connectivity index (χ0) is 18.5. The lowest BCUT2D eigenvalue weighted by Gasteiger charge is -2.25. The topological polar surface area (TPSA) is 58.2 Å². The van der Waals surface area contributed by atoms with Crippen LogP contribution in [0.4, 0.5) is 18.2 Å². The lowest BCUT2D eigenvalue weighted by atomic mass is 9.86. The number of nitrogens with one attached hydrogen (secondary N) is 2. The smallest absolute Gasteiger partial charge is 0.352 e. The molecule has 4 nitrogen and oxygen atoms in total. The summed E-state index contributed by atoms with van der Waals surface area (Å²) in [6, 6.07) is 0. The van der Waals surface area contributed by atoms with Gasteiger partial charge in [0.15, 0.2) is 0 Å². The van der Waals surface area contributed by atoms with E-state index in [1.807, 2.05) is 0 Å². The molecule has 2 N–H and O–H groups in total. The Morgan fingerprint density at radius 3 is 2.46 bits per heavy atom. The molecular weight excluding hydrogens is 365 g/mol. The number of fused-ring (bicyclic) bond motifs is 1. The molecular formula is C18H21F3N2O2S. The van der Waals surface area contributed by atoms with Gasteiger partial charge >= 0.3 is 6.18 Å². The standard InChI is InChI=1S/C18H21F3N2O2S/c19-18(20,21)11-5-6-13-12(7-11)14(16(25)22-8-9-1-2-9)17(26-13)23-15(24)10-3-4-10/h9-11H,1-8H2,(H,22,25)(H,23,24)/t11-/m1/s1. The molecule has 2 amide bonds. The first-order chi connectivity index (χ1) is 12.3. The molecule has 1 atom stereocenters. The Kier molecular flexibility index (Phi) is 4.49. The van der Waals surface area contributed by atoms with Crippen molar-refractivity contribution in [1.29, 1.82) is 0 Å². The number of hydrogen-bond acceptors (Lipinski definition) is 3. The van der Waals surface area contributed by atoms with Gasteiger partial charge in [-0.25, -0.2) is 0 Å². The van der Waals surface area contributed by atoms with Gasteiger partial charge in [0.05, 0.1) is 11.5 Å². The number of carbonyl (C=O) groups is 2. The number of thiophene rings is 1. The Morgan fingerprint density at radius 2 is 1.85 bits per heavy atom. The van der Waals surface area contributed by atoms with Gasteiger partial charge in [-0.05, 0) is 56.4 Å². The van der Waals surface area contributed by atoms with Crippen LogP contribution in [-0.4, -0.2) is 24.5 Å². The summed E-state index contributed by atoms with van der Waals surface area (Å²) in [5, 5.41) is 6.07. The van der Waals surface area contributed by atoms with E-state index in [9.17, 15) is 22.8 Å². The highest BCUT2D eigenvalue weighted by molar-refractivity contribution is 7.17. The van der Waals surface area contributed by atoms with E-state index in [-0.39, 0.29) is 36.1 Å². The van der Waals surface area contributed by atoms with Gasteiger partial charge in [0.2, 0.25) is 5.91 Å². The summed E-state index contributed by atoms with van der Waals surface area (Å²) in [6.45, 7) is 0.544. The minimum Gasteiger partial charge on any atom is -0.352 e. The van der Waals surface area contributed by atoms with Crippen molar-refractivity contribution in [2.24, 2.45) is 17.8 Å². The van der Waals surface area contributed by atoms with Crippen LogP contribution in [0, 0.1) is 17.8 Å². The Hall–Kier alpha value is -1.57. The van der Waals surface area contributed by atoms with E-state index in [1.165, 1.54) is 11.3 Å². The van der Waals surface area contributed by atoms with Crippen molar-refractivity contribution in [2.75, 3.05) is 11.9 Å². The second-order valence-electron chi connectivity index (χ2n) is 7.61. The van der Waals surface area contributed by atoms with Gasteiger partial charge in [-0.15, -0.1) is 11.3 Å². The van der Waals surface area contributed by atoms with Gasteiger partial charge in [-0.3, -0.25) is 9.59 Å². The van der Waals surface area contributed by atoms with Gasteiger partial charge in [-0.2, -0.15) is 13.2 Å². The number of halogens is 3. The molecule has 0 bridgehead atoms. The molecule has 0 aliphatic heterocycles. The molecule has 142 valence electrons. The van der Waals surface area contributed by atoms with Crippen molar-refractivity contribution in [2.45, 2.75) is 51.1 Å². The van der Waals surface area contributed by atoms with Gasteiger partial charge in [0.1, 0.15) is 5.00 Å². The van der Waals surface area contributed by atoms with Crippen LogP contribution in [-0.2, 0) is 17.6 Å². The van der Waals surface area contributed by atoms with Crippen LogP contribution in [0.3, 0.4) is 0 Å². The van der Waals surface area contributed by atoms with Crippen LogP contribution in [0.5, 0.6) is 0 Å². The van der Waals surface area contributed by atoms with Crippen LogP contribution in [0.25, 0.3) is 0 Å². The predicted molar refractivity (Wildman–Crippen MR) is 92.3 cm³/mol. The van der Waals surface area contributed by atoms with Crippen LogP contribution in [0.15, 0.2) is 0 Å². The first kappa shape index (κ1) is 17.8.